The Hall–Kier alpha value is -1.30. The van der Waals surface area contributed by atoms with Crippen LogP contribution in [0.5, 0.6) is 0 Å². The van der Waals surface area contributed by atoms with Crippen LogP contribution in [-0.2, 0) is 4.74 Å². The topological polar surface area (TPSA) is 62.4 Å². The lowest BCUT2D eigenvalue weighted by molar-refractivity contribution is 0.120. The molecule has 1 heterocycles. The van der Waals surface area contributed by atoms with Gasteiger partial charge in [0, 0.05) is 24.4 Å². The number of nitrogens with one attached hydrogen (secondary N) is 3. The van der Waals surface area contributed by atoms with Crippen LogP contribution in [-0.4, -0.2) is 38.4 Å². The minimum atomic E-state index is -0.225. The first-order valence-corrected chi connectivity index (χ1v) is 7.06. The third-order valence-electron chi connectivity index (χ3n) is 3.44. The van der Waals surface area contributed by atoms with Crippen LogP contribution >= 0.6 is 11.6 Å². The third kappa shape index (κ3) is 4.10. The summed E-state index contributed by atoms with van der Waals surface area (Å²) >= 11 is 5.80. The second kappa shape index (κ2) is 6.92. The summed E-state index contributed by atoms with van der Waals surface area (Å²) in [5, 5.41) is 9.72. The van der Waals surface area contributed by atoms with E-state index in [1.54, 1.807) is 31.4 Å². The van der Waals surface area contributed by atoms with E-state index >= 15 is 0 Å². The van der Waals surface area contributed by atoms with Gasteiger partial charge >= 0.3 is 6.03 Å². The summed E-state index contributed by atoms with van der Waals surface area (Å²) < 4.78 is 5.24. The quantitative estimate of drug-likeness (QED) is 0.781. The molecule has 1 saturated heterocycles. The van der Waals surface area contributed by atoms with E-state index in [0.29, 0.717) is 23.9 Å². The van der Waals surface area contributed by atoms with Crippen molar-refractivity contribution in [2.24, 2.45) is 0 Å². The molecular weight excluding hydrogens is 278 g/mol. The molecule has 0 aromatic heterocycles. The second-order valence-corrected chi connectivity index (χ2v) is 5.49. The van der Waals surface area contributed by atoms with Gasteiger partial charge < -0.3 is 20.7 Å². The van der Waals surface area contributed by atoms with Crippen LogP contribution in [0.2, 0.25) is 5.02 Å². The Labute approximate surface area is 124 Å². The molecule has 1 atom stereocenters. The van der Waals surface area contributed by atoms with Crippen molar-refractivity contribution in [3.05, 3.63) is 29.3 Å². The fraction of sp³-hybridized carbons (Fsp3) is 0.500. The molecule has 1 unspecified atom stereocenters. The van der Waals surface area contributed by atoms with Gasteiger partial charge in [-0.1, -0.05) is 11.6 Å². The van der Waals surface area contributed by atoms with E-state index in [1.807, 2.05) is 0 Å². The lowest BCUT2D eigenvalue weighted by Gasteiger charge is -2.28. The van der Waals surface area contributed by atoms with Crippen molar-refractivity contribution in [2.75, 3.05) is 32.1 Å². The molecule has 1 fully saturated rings. The Bertz CT molecular complexity index is 444. The molecule has 1 aromatic carbocycles. The number of amides is 2. The van der Waals surface area contributed by atoms with Gasteiger partial charge in [0.25, 0.3) is 0 Å². The van der Waals surface area contributed by atoms with Gasteiger partial charge in [-0.2, -0.15) is 0 Å². The van der Waals surface area contributed by atoms with Crippen LogP contribution in [0, 0.1) is 0 Å². The van der Waals surface area contributed by atoms with Crippen molar-refractivity contribution < 1.29 is 9.53 Å². The lowest BCUT2D eigenvalue weighted by atomic mass is 9.99. The van der Waals surface area contributed by atoms with E-state index < -0.39 is 0 Å². The van der Waals surface area contributed by atoms with Crippen molar-refractivity contribution in [1.82, 2.24) is 10.6 Å². The molecule has 2 rings (SSSR count). The number of ether oxygens (including phenoxy) is 1. The first kappa shape index (κ1) is 15.1. The molecule has 110 valence electrons. The lowest BCUT2D eigenvalue weighted by Crippen LogP contribution is -2.53. The van der Waals surface area contributed by atoms with E-state index in [2.05, 4.69) is 16.0 Å². The number of hydrogen-bond acceptors (Lipinski definition) is 3. The van der Waals surface area contributed by atoms with Crippen LogP contribution in [0.25, 0.3) is 0 Å². The Kier molecular flexibility index (Phi) is 5.23. The molecule has 0 aliphatic carbocycles. The molecule has 0 spiro atoms. The van der Waals surface area contributed by atoms with Crippen LogP contribution in [0.1, 0.15) is 12.8 Å². The number of halogens is 1. The third-order valence-corrected chi connectivity index (χ3v) is 3.69. The number of rotatable bonds is 5. The van der Waals surface area contributed by atoms with Crippen LogP contribution in [0.4, 0.5) is 10.5 Å². The first-order valence-electron chi connectivity index (χ1n) is 6.68. The zero-order chi connectivity index (χ0) is 14.4. The number of anilines is 1. The Balaban J connectivity index is 1.83. The van der Waals surface area contributed by atoms with Crippen LogP contribution in [0.3, 0.4) is 0 Å². The Morgan fingerprint density at radius 2 is 2.20 bits per heavy atom. The number of carbonyl (C=O) groups excluding carboxylic acids is 1. The summed E-state index contributed by atoms with van der Waals surface area (Å²) in [7, 11) is 1.68. The van der Waals surface area contributed by atoms with Crippen LogP contribution < -0.4 is 16.0 Å². The minimum absolute atomic E-state index is 0.147. The Morgan fingerprint density at radius 3 is 2.80 bits per heavy atom. The molecule has 2 amide bonds. The maximum absolute atomic E-state index is 11.9. The number of urea groups is 1. The highest BCUT2D eigenvalue weighted by atomic mass is 35.5. The summed E-state index contributed by atoms with van der Waals surface area (Å²) in [6.07, 6.45) is 2.10. The molecule has 0 radical (unpaired) electrons. The van der Waals surface area contributed by atoms with Crippen molar-refractivity contribution in [3.63, 3.8) is 0 Å². The summed E-state index contributed by atoms with van der Waals surface area (Å²) in [6, 6.07) is 6.78. The molecule has 1 aromatic rings. The normalized spacial score (nSPS) is 21.7. The Morgan fingerprint density at radius 1 is 1.45 bits per heavy atom. The SMILES string of the molecule is COCC1(CNC(=O)Nc2ccc(Cl)cc2)CCCN1. The van der Waals surface area contributed by atoms with Gasteiger partial charge in [-0.15, -0.1) is 0 Å². The van der Waals surface area contributed by atoms with Crippen molar-refractivity contribution in [3.8, 4) is 0 Å². The standard InChI is InChI=1S/C14H20ClN3O2/c1-20-10-14(7-2-8-17-14)9-16-13(19)18-12-5-3-11(15)4-6-12/h3-6,17H,2,7-10H2,1H3,(H2,16,18,19). The predicted molar refractivity (Wildman–Crippen MR) is 80.3 cm³/mol. The van der Waals surface area contributed by atoms with E-state index in [4.69, 9.17) is 16.3 Å². The predicted octanol–water partition coefficient (Wildman–Crippen LogP) is 2.23. The van der Waals surface area contributed by atoms with E-state index in [-0.39, 0.29) is 11.6 Å². The van der Waals surface area contributed by atoms with E-state index in [1.165, 1.54) is 0 Å². The zero-order valence-corrected chi connectivity index (χ0v) is 12.3. The summed E-state index contributed by atoms with van der Waals surface area (Å²) in [5.74, 6) is 0. The summed E-state index contributed by atoms with van der Waals surface area (Å²) in [4.78, 5) is 11.9. The van der Waals surface area contributed by atoms with Crippen molar-refractivity contribution in [2.45, 2.75) is 18.4 Å². The number of benzene rings is 1. The molecule has 1 aliphatic rings. The first-order chi connectivity index (χ1) is 9.63. The van der Waals surface area contributed by atoms with E-state index in [9.17, 15) is 4.79 Å². The fourth-order valence-corrected chi connectivity index (χ4v) is 2.55. The molecule has 0 saturated carbocycles. The van der Waals surface area contributed by atoms with Gasteiger partial charge in [0.2, 0.25) is 0 Å². The number of methoxy groups -OCH3 is 1. The minimum Gasteiger partial charge on any atom is -0.383 e. The van der Waals surface area contributed by atoms with Gasteiger partial charge in [-0.25, -0.2) is 4.79 Å². The summed E-state index contributed by atoms with van der Waals surface area (Å²) in [6.45, 7) is 2.10. The molecule has 1 aliphatic heterocycles. The average Bonchev–Trinajstić information content (AvgIpc) is 2.89. The largest absolute Gasteiger partial charge is 0.383 e. The number of carbonyl (C=O) groups is 1. The fourth-order valence-electron chi connectivity index (χ4n) is 2.43. The van der Waals surface area contributed by atoms with Gasteiger partial charge in [0.15, 0.2) is 0 Å². The maximum Gasteiger partial charge on any atom is 0.319 e. The van der Waals surface area contributed by atoms with Gasteiger partial charge in [-0.3, -0.25) is 0 Å². The summed E-state index contributed by atoms with van der Waals surface area (Å²) in [5.41, 5.74) is 0.568. The van der Waals surface area contributed by atoms with Crippen molar-refractivity contribution >= 4 is 23.3 Å². The van der Waals surface area contributed by atoms with E-state index in [0.717, 1.165) is 19.4 Å². The van der Waals surface area contributed by atoms with Gasteiger partial charge in [0.1, 0.15) is 0 Å². The highest BCUT2D eigenvalue weighted by Crippen LogP contribution is 2.19. The monoisotopic (exact) mass is 297 g/mol. The molecule has 5 nitrogen and oxygen atoms in total. The molecular formula is C14H20ClN3O2. The van der Waals surface area contributed by atoms with Gasteiger partial charge in [0.05, 0.1) is 12.1 Å². The smallest absolute Gasteiger partial charge is 0.319 e. The second-order valence-electron chi connectivity index (χ2n) is 5.06. The van der Waals surface area contributed by atoms with Crippen LogP contribution in [0.15, 0.2) is 24.3 Å². The zero-order valence-electron chi connectivity index (χ0n) is 11.5. The average molecular weight is 298 g/mol. The molecule has 20 heavy (non-hydrogen) atoms. The molecule has 6 heteroatoms. The molecule has 3 N–H and O–H groups in total. The number of hydrogen-bond donors (Lipinski definition) is 3. The van der Waals surface area contributed by atoms with Crippen molar-refractivity contribution in [1.29, 1.82) is 0 Å². The van der Waals surface area contributed by atoms with Gasteiger partial charge in [-0.05, 0) is 43.7 Å². The molecule has 0 bridgehead atoms. The highest BCUT2D eigenvalue weighted by Gasteiger charge is 2.33. The maximum atomic E-state index is 11.9. The highest BCUT2D eigenvalue weighted by molar-refractivity contribution is 6.30.